The molecule has 1 aromatic carbocycles. The van der Waals surface area contributed by atoms with Crippen LogP contribution in [0.25, 0.3) is 0 Å². The van der Waals surface area contributed by atoms with Gasteiger partial charge in [-0.1, -0.05) is 19.1 Å². The molecule has 0 aliphatic carbocycles. The van der Waals surface area contributed by atoms with Gasteiger partial charge in [0.25, 0.3) is 0 Å². The van der Waals surface area contributed by atoms with Crippen molar-refractivity contribution in [3.8, 4) is 0 Å². The predicted molar refractivity (Wildman–Crippen MR) is 80.1 cm³/mol. The van der Waals surface area contributed by atoms with Gasteiger partial charge < -0.3 is 0 Å². The van der Waals surface area contributed by atoms with E-state index in [1.54, 1.807) is 6.07 Å². The summed E-state index contributed by atoms with van der Waals surface area (Å²) in [4.78, 5) is 5.17. The van der Waals surface area contributed by atoms with Crippen molar-refractivity contribution in [1.29, 1.82) is 0 Å². The van der Waals surface area contributed by atoms with Crippen LogP contribution < -0.4 is 0 Å². The van der Waals surface area contributed by atoms with Gasteiger partial charge in [-0.05, 0) is 56.5 Å². The number of nitrogens with zero attached hydrogens (tertiary/aromatic N) is 2. The number of piperidine rings is 1. The molecular formula is C17H25FN2. The molecule has 0 saturated carbocycles. The number of rotatable bonds is 3. The molecular weight excluding hydrogens is 251 g/mol. The number of halogens is 1. The van der Waals surface area contributed by atoms with Crippen molar-refractivity contribution in [3.63, 3.8) is 0 Å². The summed E-state index contributed by atoms with van der Waals surface area (Å²) < 4.78 is 13.2. The highest BCUT2D eigenvalue weighted by Crippen LogP contribution is 2.38. The van der Waals surface area contributed by atoms with Crippen molar-refractivity contribution in [2.24, 2.45) is 0 Å². The van der Waals surface area contributed by atoms with E-state index in [4.69, 9.17) is 0 Å². The Bertz CT molecular complexity index is 452. The van der Waals surface area contributed by atoms with Crippen LogP contribution in [-0.4, -0.2) is 41.5 Å². The lowest BCUT2D eigenvalue weighted by molar-refractivity contribution is 0.0536. The SMILES string of the molecule is CCN1CCCC12CCN(Cc1cccc(F)c1)CC2. The predicted octanol–water partition coefficient (Wildman–Crippen LogP) is 3.28. The van der Waals surface area contributed by atoms with Gasteiger partial charge in [0.2, 0.25) is 0 Å². The summed E-state index contributed by atoms with van der Waals surface area (Å²) in [6.45, 7) is 7.93. The van der Waals surface area contributed by atoms with E-state index in [0.29, 0.717) is 5.54 Å². The summed E-state index contributed by atoms with van der Waals surface area (Å²) in [7, 11) is 0. The van der Waals surface area contributed by atoms with Gasteiger partial charge in [0.1, 0.15) is 5.82 Å². The van der Waals surface area contributed by atoms with E-state index >= 15 is 0 Å². The van der Waals surface area contributed by atoms with E-state index in [2.05, 4.69) is 16.7 Å². The molecule has 0 unspecified atom stereocenters. The maximum absolute atomic E-state index is 13.2. The summed E-state index contributed by atoms with van der Waals surface area (Å²) in [5, 5.41) is 0. The molecule has 2 nitrogen and oxygen atoms in total. The average Bonchev–Trinajstić information content (AvgIpc) is 2.84. The van der Waals surface area contributed by atoms with E-state index in [1.165, 1.54) is 44.8 Å². The third-order valence-corrected chi connectivity index (χ3v) is 5.20. The maximum atomic E-state index is 13.2. The van der Waals surface area contributed by atoms with Crippen LogP contribution in [-0.2, 0) is 6.54 Å². The van der Waals surface area contributed by atoms with Crippen molar-refractivity contribution in [3.05, 3.63) is 35.6 Å². The number of benzene rings is 1. The van der Waals surface area contributed by atoms with E-state index in [0.717, 1.165) is 25.2 Å². The molecule has 1 spiro atoms. The zero-order chi connectivity index (χ0) is 14.0. The highest BCUT2D eigenvalue weighted by molar-refractivity contribution is 5.16. The Balaban J connectivity index is 1.59. The zero-order valence-electron chi connectivity index (χ0n) is 12.4. The van der Waals surface area contributed by atoms with Crippen LogP contribution in [0, 0.1) is 5.82 Å². The van der Waals surface area contributed by atoms with Crippen LogP contribution in [0.5, 0.6) is 0 Å². The molecule has 2 aliphatic rings. The number of hydrogen-bond donors (Lipinski definition) is 0. The van der Waals surface area contributed by atoms with Gasteiger partial charge in [-0.2, -0.15) is 0 Å². The Morgan fingerprint density at radius 3 is 2.65 bits per heavy atom. The molecule has 0 amide bonds. The summed E-state index contributed by atoms with van der Waals surface area (Å²) in [5.41, 5.74) is 1.58. The van der Waals surface area contributed by atoms with Gasteiger partial charge in [0.15, 0.2) is 0 Å². The summed E-state index contributed by atoms with van der Waals surface area (Å²) in [6, 6.07) is 7.03. The molecule has 2 fully saturated rings. The maximum Gasteiger partial charge on any atom is 0.123 e. The lowest BCUT2D eigenvalue weighted by atomic mass is 9.85. The van der Waals surface area contributed by atoms with Crippen LogP contribution in [0.3, 0.4) is 0 Å². The van der Waals surface area contributed by atoms with Gasteiger partial charge >= 0.3 is 0 Å². The van der Waals surface area contributed by atoms with Crippen molar-refractivity contribution >= 4 is 0 Å². The number of hydrogen-bond acceptors (Lipinski definition) is 2. The molecule has 3 heteroatoms. The van der Waals surface area contributed by atoms with Gasteiger partial charge in [-0.25, -0.2) is 4.39 Å². The third kappa shape index (κ3) is 2.75. The summed E-state index contributed by atoms with van der Waals surface area (Å²) >= 11 is 0. The highest BCUT2D eigenvalue weighted by Gasteiger charge is 2.41. The van der Waals surface area contributed by atoms with Gasteiger partial charge in [-0.3, -0.25) is 9.80 Å². The molecule has 2 saturated heterocycles. The Labute approximate surface area is 121 Å². The van der Waals surface area contributed by atoms with Crippen molar-refractivity contribution in [2.45, 2.75) is 44.7 Å². The van der Waals surface area contributed by atoms with E-state index in [-0.39, 0.29) is 5.82 Å². The first-order valence-corrected chi connectivity index (χ1v) is 7.94. The first-order valence-electron chi connectivity index (χ1n) is 7.94. The lowest BCUT2D eigenvalue weighted by Crippen LogP contribution is -2.51. The van der Waals surface area contributed by atoms with Crippen LogP contribution in [0.1, 0.15) is 38.2 Å². The second-order valence-corrected chi connectivity index (χ2v) is 6.31. The topological polar surface area (TPSA) is 6.48 Å². The molecule has 2 aliphatic heterocycles. The summed E-state index contributed by atoms with van der Waals surface area (Å²) in [6.07, 6.45) is 5.28. The highest BCUT2D eigenvalue weighted by atomic mass is 19.1. The smallest absolute Gasteiger partial charge is 0.123 e. The largest absolute Gasteiger partial charge is 0.299 e. The third-order valence-electron chi connectivity index (χ3n) is 5.20. The average molecular weight is 276 g/mol. The molecule has 110 valence electrons. The first kappa shape index (κ1) is 14.0. The van der Waals surface area contributed by atoms with Gasteiger partial charge in [0.05, 0.1) is 0 Å². The van der Waals surface area contributed by atoms with E-state index < -0.39 is 0 Å². The van der Waals surface area contributed by atoms with Gasteiger partial charge in [0, 0.05) is 25.2 Å². The molecule has 0 bridgehead atoms. The minimum absolute atomic E-state index is 0.121. The Hall–Kier alpha value is -0.930. The van der Waals surface area contributed by atoms with Crippen molar-refractivity contribution in [1.82, 2.24) is 9.80 Å². The van der Waals surface area contributed by atoms with Gasteiger partial charge in [-0.15, -0.1) is 0 Å². The minimum atomic E-state index is -0.121. The van der Waals surface area contributed by atoms with Crippen molar-refractivity contribution in [2.75, 3.05) is 26.2 Å². The zero-order valence-corrected chi connectivity index (χ0v) is 12.4. The van der Waals surface area contributed by atoms with Crippen LogP contribution in [0.4, 0.5) is 4.39 Å². The minimum Gasteiger partial charge on any atom is -0.299 e. The van der Waals surface area contributed by atoms with Crippen molar-refractivity contribution < 1.29 is 4.39 Å². The fraction of sp³-hybridized carbons (Fsp3) is 0.647. The molecule has 3 rings (SSSR count). The van der Waals surface area contributed by atoms with E-state index in [1.807, 2.05) is 12.1 Å². The normalized spacial score (nSPS) is 23.5. The van der Waals surface area contributed by atoms with Crippen LogP contribution in [0.2, 0.25) is 0 Å². The molecule has 0 aromatic heterocycles. The fourth-order valence-electron chi connectivity index (χ4n) is 4.07. The Morgan fingerprint density at radius 1 is 1.15 bits per heavy atom. The van der Waals surface area contributed by atoms with E-state index in [9.17, 15) is 4.39 Å². The molecule has 1 aromatic rings. The van der Waals surface area contributed by atoms with Crippen LogP contribution in [0.15, 0.2) is 24.3 Å². The Kier molecular flexibility index (Phi) is 4.08. The molecule has 0 radical (unpaired) electrons. The standard InChI is InChI=1S/C17H25FN2/c1-2-20-10-4-7-17(20)8-11-19(12-9-17)14-15-5-3-6-16(18)13-15/h3,5-6,13H,2,4,7-12,14H2,1H3. The van der Waals surface area contributed by atoms with Crippen LogP contribution >= 0.6 is 0 Å². The lowest BCUT2D eigenvalue weighted by Gasteiger charge is -2.45. The molecule has 20 heavy (non-hydrogen) atoms. The Morgan fingerprint density at radius 2 is 1.95 bits per heavy atom. The molecule has 2 heterocycles. The second-order valence-electron chi connectivity index (χ2n) is 6.31. The number of likely N-dealkylation sites (tertiary alicyclic amines) is 2. The first-order chi connectivity index (χ1) is 9.72. The quantitative estimate of drug-likeness (QED) is 0.836. The monoisotopic (exact) mass is 276 g/mol. The second kappa shape index (κ2) is 5.82. The summed E-state index contributed by atoms with van der Waals surface area (Å²) in [5.74, 6) is -0.121. The fourth-order valence-corrected chi connectivity index (χ4v) is 4.07. The molecule has 0 N–H and O–H groups in total. The molecule has 0 atom stereocenters.